The van der Waals surface area contributed by atoms with Crippen molar-refractivity contribution in [1.29, 1.82) is 0 Å². The van der Waals surface area contributed by atoms with E-state index >= 15 is 0 Å². The summed E-state index contributed by atoms with van der Waals surface area (Å²) in [6, 6.07) is 3.63. The molecule has 0 aliphatic heterocycles. The fourth-order valence-electron chi connectivity index (χ4n) is 2.36. The van der Waals surface area contributed by atoms with Gasteiger partial charge in [0.1, 0.15) is 5.82 Å². The molecule has 126 valence electrons. The third kappa shape index (κ3) is 3.61. The van der Waals surface area contributed by atoms with Gasteiger partial charge in [-0.3, -0.25) is 4.68 Å². The van der Waals surface area contributed by atoms with E-state index in [9.17, 15) is 12.8 Å². The number of aryl methyl sites for hydroxylation is 2. The van der Waals surface area contributed by atoms with E-state index in [0.717, 1.165) is 23.0 Å². The first kappa shape index (κ1) is 17.6. The lowest BCUT2D eigenvalue weighted by molar-refractivity contribution is 0.467. The number of hydrogen-bond donors (Lipinski definition) is 1. The van der Waals surface area contributed by atoms with Crippen LogP contribution >= 0.6 is 0 Å². The minimum atomic E-state index is -3.68. The average molecular weight is 339 g/mol. The van der Waals surface area contributed by atoms with Crippen molar-refractivity contribution in [2.75, 3.05) is 6.54 Å². The Bertz CT molecular complexity index is 828. The fraction of sp³-hybridized carbons (Fsp3) is 0.438. The summed E-state index contributed by atoms with van der Waals surface area (Å²) in [7, 11) is -3.68. The molecule has 1 N–H and O–H groups in total. The lowest BCUT2D eigenvalue weighted by Gasteiger charge is -2.16. The molecule has 0 spiro atoms. The molecule has 0 aliphatic rings. The highest BCUT2D eigenvalue weighted by atomic mass is 32.2. The first-order valence-electron chi connectivity index (χ1n) is 7.41. The standard InChI is InChI=1S/C16H22FN3O2S/c1-10-8-15(6-7-16(10)17)23(21,22)18-9-11(2)20-14(5)12(3)13(4)19-20/h6-8,11,18H,9H2,1-5H3. The van der Waals surface area contributed by atoms with Crippen molar-refractivity contribution in [2.45, 2.75) is 45.6 Å². The van der Waals surface area contributed by atoms with Crippen LogP contribution in [-0.4, -0.2) is 24.7 Å². The van der Waals surface area contributed by atoms with Crippen LogP contribution in [-0.2, 0) is 10.0 Å². The van der Waals surface area contributed by atoms with Gasteiger partial charge in [-0.15, -0.1) is 0 Å². The minimum Gasteiger partial charge on any atom is -0.265 e. The van der Waals surface area contributed by atoms with Crippen molar-refractivity contribution in [1.82, 2.24) is 14.5 Å². The van der Waals surface area contributed by atoms with Crippen LogP contribution in [0, 0.1) is 33.5 Å². The van der Waals surface area contributed by atoms with Crippen LogP contribution < -0.4 is 4.72 Å². The quantitative estimate of drug-likeness (QED) is 0.911. The molecule has 0 saturated carbocycles. The molecule has 1 aromatic heterocycles. The van der Waals surface area contributed by atoms with Crippen LogP contribution in [0.2, 0.25) is 0 Å². The minimum absolute atomic E-state index is 0.0631. The summed E-state index contributed by atoms with van der Waals surface area (Å²) >= 11 is 0. The number of halogens is 1. The molecule has 1 unspecified atom stereocenters. The summed E-state index contributed by atoms with van der Waals surface area (Å²) in [6.07, 6.45) is 0. The van der Waals surface area contributed by atoms with E-state index in [-0.39, 0.29) is 17.5 Å². The first-order chi connectivity index (χ1) is 10.6. The Morgan fingerprint density at radius 1 is 1.26 bits per heavy atom. The summed E-state index contributed by atoms with van der Waals surface area (Å²) < 4.78 is 42.3. The van der Waals surface area contributed by atoms with Crippen LogP contribution in [0.4, 0.5) is 4.39 Å². The number of sulfonamides is 1. The Labute approximate surface area is 136 Å². The Hall–Kier alpha value is -1.73. The van der Waals surface area contributed by atoms with Crippen LogP contribution in [0.15, 0.2) is 23.1 Å². The fourth-order valence-corrected chi connectivity index (χ4v) is 3.57. The van der Waals surface area contributed by atoms with Crippen molar-refractivity contribution in [2.24, 2.45) is 0 Å². The van der Waals surface area contributed by atoms with Crippen LogP contribution in [0.3, 0.4) is 0 Å². The Balaban J connectivity index is 2.15. The number of hydrogen-bond acceptors (Lipinski definition) is 3. The summed E-state index contributed by atoms with van der Waals surface area (Å²) in [4.78, 5) is 0.0631. The average Bonchev–Trinajstić information content (AvgIpc) is 2.75. The first-order valence-corrected chi connectivity index (χ1v) is 8.90. The van der Waals surface area contributed by atoms with Gasteiger partial charge >= 0.3 is 0 Å². The van der Waals surface area contributed by atoms with E-state index in [2.05, 4.69) is 9.82 Å². The van der Waals surface area contributed by atoms with Gasteiger partial charge in [-0.1, -0.05) is 0 Å². The monoisotopic (exact) mass is 339 g/mol. The van der Waals surface area contributed by atoms with Crippen molar-refractivity contribution >= 4 is 10.0 Å². The summed E-state index contributed by atoms with van der Waals surface area (Å²) in [5, 5.41) is 4.44. The number of benzene rings is 1. The predicted octanol–water partition coefficient (Wildman–Crippen LogP) is 2.80. The van der Waals surface area contributed by atoms with Crippen molar-refractivity contribution < 1.29 is 12.8 Å². The van der Waals surface area contributed by atoms with E-state index in [1.807, 2.05) is 32.4 Å². The Morgan fingerprint density at radius 2 is 1.91 bits per heavy atom. The lowest BCUT2D eigenvalue weighted by Crippen LogP contribution is -2.30. The Kier molecular flexibility index (Phi) is 4.91. The van der Waals surface area contributed by atoms with Gasteiger partial charge < -0.3 is 0 Å². The molecule has 1 atom stereocenters. The molecular formula is C16H22FN3O2S. The van der Waals surface area contributed by atoms with Crippen molar-refractivity contribution in [3.8, 4) is 0 Å². The highest BCUT2D eigenvalue weighted by Gasteiger charge is 2.19. The highest BCUT2D eigenvalue weighted by Crippen LogP contribution is 2.17. The topological polar surface area (TPSA) is 64.0 Å². The summed E-state index contributed by atoms with van der Waals surface area (Å²) in [5.41, 5.74) is 3.36. The van der Waals surface area contributed by atoms with Crippen molar-refractivity contribution in [3.05, 3.63) is 46.5 Å². The smallest absolute Gasteiger partial charge is 0.240 e. The van der Waals surface area contributed by atoms with E-state index in [4.69, 9.17) is 0 Å². The molecule has 0 fully saturated rings. The molecule has 2 rings (SSSR count). The van der Waals surface area contributed by atoms with E-state index < -0.39 is 15.8 Å². The van der Waals surface area contributed by atoms with Crippen LogP contribution in [0.5, 0.6) is 0 Å². The zero-order valence-electron chi connectivity index (χ0n) is 14.0. The predicted molar refractivity (Wildman–Crippen MR) is 87.5 cm³/mol. The molecule has 0 saturated heterocycles. The number of aromatic nitrogens is 2. The summed E-state index contributed by atoms with van der Waals surface area (Å²) in [6.45, 7) is 9.53. The third-order valence-corrected chi connectivity index (χ3v) is 5.53. The SMILES string of the molecule is Cc1cc(S(=O)(=O)NCC(C)n2nc(C)c(C)c2C)ccc1F. The molecule has 0 aliphatic carbocycles. The zero-order chi connectivity index (χ0) is 17.4. The largest absolute Gasteiger partial charge is 0.265 e. The molecule has 0 amide bonds. The van der Waals surface area contributed by atoms with Gasteiger partial charge in [0.05, 0.1) is 16.6 Å². The molecule has 23 heavy (non-hydrogen) atoms. The normalized spacial score (nSPS) is 13.3. The second-order valence-electron chi connectivity index (χ2n) is 5.85. The number of nitrogens with one attached hydrogen (secondary N) is 1. The number of rotatable bonds is 5. The van der Waals surface area contributed by atoms with Gasteiger partial charge in [0, 0.05) is 12.2 Å². The highest BCUT2D eigenvalue weighted by molar-refractivity contribution is 7.89. The third-order valence-electron chi connectivity index (χ3n) is 4.11. The van der Waals surface area contributed by atoms with E-state index in [0.29, 0.717) is 5.56 Å². The lowest BCUT2D eigenvalue weighted by atomic mass is 10.2. The second-order valence-corrected chi connectivity index (χ2v) is 7.62. The zero-order valence-corrected chi connectivity index (χ0v) is 14.8. The van der Waals surface area contributed by atoms with E-state index in [1.165, 1.54) is 19.1 Å². The van der Waals surface area contributed by atoms with Gasteiger partial charge in [0.15, 0.2) is 0 Å². The molecule has 1 aromatic carbocycles. The number of nitrogens with zero attached hydrogens (tertiary/aromatic N) is 2. The maximum absolute atomic E-state index is 13.3. The Morgan fingerprint density at radius 3 is 2.43 bits per heavy atom. The van der Waals surface area contributed by atoms with Gasteiger partial charge in [-0.25, -0.2) is 17.5 Å². The van der Waals surface area contributed by atoms with Gasteiger partial charge in [-0.05, 0) is 63.9 Å². The molecule has 2 aromatic rings. The molecular weight excluding hydrogens is 317 g/mol. The van der Waals surface area contributed by atoms with E-state index in [1.54, 1.807) is 0 Å². The maximum atomic E-state index is 13.3. The van der Waals surface area contributed by atoms with Crippen molar-refractivity contribution in [3.63, 3.8) is 0 Å². The summed E-state index contributed by atoms with van der Waals surface area (Å²) in [5.74, 6) is -0.421. The molecule has 7 heteroatoms. The molecule has 0 radical (unpaired) electrons. The van der Waals surface area contributed by atoms with Gasteiger partial charge in [0.2, 0.25) is 10.0 Å². The molecule has 5 nitrogen and oxygen atoms in total. The second kappa shape index (κ2) is 6.41. The van der Waals surface area contributed by atoms with Gasteiger partial charge in [0.25, 0.3) is 0 Å². The van der Waals surface area contributed by atoms with Crippen LogP contribution in [0.25, 0.3) is 0 Å². The molecule has 1 heterocycles. The molecule has 0 bridgehead atoms. The van der Waals surface area contributed by atoms with Gasteiger partial charge in [-0.2, -0.15) is 5.10 Å². The van der Waals surface area contributed by atoms with Crippen LogP contribution in [0.1, 0.15) is 35.5 Å². The maximum Gasteiger partial charge on any atom is 0.240 e.